The van der Waals surface area contributed by atoms with Crippen molar-refractivity contribution in [2.75, 3.05) is 26.7 Å². The third kappa shape index (κ3) is 5.78. The van der Waals surface area contributed by atoms with Crippen LogP contribution in [-0.4, -0.2) is 42.7 Å². The second kappa shape index (κ2) is 11.2. The van der Waals surface area contributed by atoms with E-state index in [-0.39, 0.29) is 11.9 Å². The van der Waals surface area contributed by atoms with Gasteiger partial charge in [0.1, 0.15) is 23.9 Å². The van der Waals surface area contributed by atoms with Crippen LogP contribution < -0.4 is 14.8 Å². The van der Waals surface area contributed by atoms with Crippen LogP contribution in [0.25, 0.3) is 0 Å². The number of methoxy groups -OCH3 is 1. The number of amides is 1. The molecule has 1 aliphatic rings. The number of carbonyl (C=O) groups excluding carboxylic acids is 1. The predicted octanol–water partition coefficient (Wildman–Crippen LogP) is 4.37. The number of nitrogens with one attached hydrogen (secondary N) is 1. The Morgan fingerprint density at radius 2 is 1.85 bits per heavy atom. The van der Waals surface area contributed by atoms with Gasteiger partial charge in [0, 0.05) is 12.1 Å². The van der Waals surface area contributed by atoms with Crippen molar-refractivity contribution in [1.82, 2.24) is 15.4 Å². The van der Waals surface area contributed by atoms with Crippen LogP contribution in [0.15, 0.2) is 53.1 Å². The molecule has 1 atom stereocenters. The van der Waals surface area contributed by atoms with E-state index in [2.05, 4.69) is 21.4 Å². The summed E-state index contributed by atoms with van der Waals surface area (Å²) in [5.74, 6) is 2.38. The summed E-state index contributed by atoms with van der Waals surface area (Å²) in [6.45, 7) is 6.81. The Morgan fingerprint density at radius 3 is 2.53 bits per heavy atom. The Balaban J connectivity index is 1.33. The van der Waals surface area contributed by atoms with Crippen molar-refractivity contribution in [2.45, 2.75) is 45.8 Å². The molecule has 34 heavy (non-hydrogen) atoms. The summed E-state index contributed by atoms with van der Waals surface area (Å²) in [5.41, 5.74) is 3.86. The largest absolute Gasteiger partial charge is 0.496 e. The molecular formula is C27H33N3O4. The van der Waals surface area contributed by atoms with Crippen LogP contribution in [0, 0.1) is 13.8 Å². The predicted molar refractivity (Wildman–Crippen MR) is 130 cm³/mol. The third-order valence-electron chi connectivity index (χ3n) is 6.42. The molecule has 1 saturated heterocycles. The van der Waals surface area contributed by atoms with Crippen molar-refractivity contribution in [3.63, 3.8) is 0 Å². The fourth-order valence-corrected chi connectivity index (χ4v) is 4.46. The molecule has 7 heteroatoms. The minimum Gasteiger partial charge on any atom is -0.496 e. The van der Waals surface area contributed by atoms with Gasteiger partial charge in [-0.2, -0.15) is 0 Å². The number of likely N-dealkylation sites (tertiary alicyclic amines) is 1. The Bertz CT molecular complexity index is 1070. The maximum absolute atomic E-state index is 12.7. The molecule has 1 fully saturated rings. The van der Waals surface area contributed by atoms with E-state index in [4.69, 9.17) is 14.0 Å². The zero-order valence-corrected chi connectivity index (χ0v) is 20.2. The zero-order chi connectivity index (χ0) is 23.9. The highest BCUT2D eigenvalue weighted by molar-refractivity contribution is 5.78. The first-order valence-corrected chi connectivity index (χ1v) is 11.8. The highest BCUT2D eigenvalue weighted by atomic mass is 16.5. The van der Waals surface area contributed by atoms with Gasteiger partial charge in [0.25, 0.3) is 0 Å². The van der Waals surface area contributed by atoms with Gasteiger partial charge < -0.3 is 19.3 Å². The average molecular weight is 464 g/mol. The Hall–Kier alpha value is -3.32. The number of benzene rings is 2. The number of aromatic nitrogens is 1. The standard InChI is InChI=1S/C27H33N3O4/c1-19-24(20(2)34-29-19)18-33-22-12-10-21(11-13-22)16-27(31)28-17-25(30-14-6-7-15-30)23-8-4-5-9-26(23)32-3/h4-5,8-13,25H,6-7,14-18H2,1-3H3,(H,28,31). The van der Waals surface area contributed by atoms with E-state index >= 15 is 0 Å². The molecule has 1 unspecified atom stereocenters. The summed E-state index contributed by atoms with van der Waals surface area (Å²) in [7, 11) is 1.69. The SMILES string of the molecule is COc1ccccc1C(CNC(=O)Cc1ccc(OCc2c(C)noc2C)cc1)N1CCCC1. The molecule has 2 heterocycles. The molecule has 1 aromatic heterocycles. The minimum atomic E-state index is 0.00323. The lowest BCUT2D eigenvalue weighted by Gasteiger charge is -2.29. The van der Waals surface area contributed by atoms with Gasteiger partial charge in [0.15, 0.2) is 0 Å². The van der Waals surface area contributed by atoms with Crippen LogP contribution in [-0.2, 0) is 17.8 Å². The maximum atomic E-state index is 12.7. The lowest BCUT2D eigenvalue weighted by atomic mass is 10.0. The number of para-hydroxylation sites is 1. The van der Waals surface area contributed by atoms with Crippen LogP contribution in [0.2, 0.25) is 0 Å². The number of hydrogen-bond donors (Lipinski definition) is 1. The molecule has 1 aliphatic heterocycles. The van der Waals surface area contributed by atoms with E-state index in [1.165, 1.54) is 12.8 Å². The van der Waals surface area contributed by atoms with Gasteiger partial charge in [-0.15, -0.1) is 0 Å². The first-order valence-electron chi connectivity index (χ1n) is 11.8. The lowest BCUT2D eigenvalue weighted by molar-refractivity contribution is -0.120. The summed E-state index contributed by atoms with van der Waals surface area (Å²) in [6.07, 6.45) is 2.69. The molecule has 0 aliphatic carbocycles. The van der Waals surface area contributed by atoms with Crippen LogP contribution in [0.4, 0.5) is 0 Å². The molecule has 0 radical (unpaired) electrons. The second-order valence-corrected chi connectivity index (χ2v) is 8.72. The quantitative estimate of drug-likeness (QED) is 0.481. The molecule has 2 aromatic carbocycles. The van der Waals surface area contributed by atoms with E-state index in [0.29, 0.717) is 19.6 Å². The van der Waals surface area contributed by atoms with Crippen molar-refractivity contribution >= 4 is 5.91 Å². The van der Waals surface area contributed by atoms with Crippen LogP contribution in [0.5, 0.6) is 11.5 Å². The smallest absolute Gasteiger partial charge is 0.224 e. The van der Waals surface area contributed by atoms with Gasteiger partial charge in [0.2, 0.25) is 5.91 Å². The first kappa shape index (κ1) is 23.8. The minimum absolute atomic E-state index is 0.00323. The Kier molecular flexibility index (Phi) is 7.85. The molecule has 0 saturated carbocycles. The second-order valence-electron chi connectivity index (χ2n) is 8.72. The van der Waals surface area contributed by atoms with Gasteiger partial charge >= 0.3 is 0 Å². The Morgan fingerprint density at radius 1 is 1.12 bits per heavy atom. The number of carbonyl (C=O) groups is 1. The monoisotopic (exact) mass is 463 g/mol. The van der Waals surface area contributed by atoms with Gasteiger partial charge in [-0.1, -0.05) is 35.5 Å². The van der Waals surface area contributed by atoms with Crippen molar-refractivity contribution in [3.05, 3.63) is 76.7 Å². The van der Waals surface area contributed by atoms with E-state index < -0.39 is 0 Å². The van der Waals surface area contributed by atoms with Gasteiger partial charge in [0.05, 0.1) is 30.8 Å². The summed E-state index contributed by atoms with van der Waals surface area (Å²) < 4.78 is 16.6. The lowest BCUT2D eigenvalue weighted by Crippen LogP contribution is -2.37. The van der Waals surface area contributed by atoms with Gasteiger partial charge in [-0.3, -0.25) is 9.69 Å². The summed E-state index contributed by atoms with van der Waals surface area (Å²) in [5, 5.41) is 7.09. The van der Waals surface area contributed by atoms with Crippen molar-refractivity contribution in [1.29, 1.82) is 0 Å². The summed E-state index contributed by atoms with van der Waals surface area (Å²) >= 11 is 0. The topological polar surface area (TPSA) is 76.8 Å². The number of hydrogen-bond acceptors (Lipinski definition) is 6. The zero-order valence-electron chi connectivity index (χ0n) is 20.2. The van der Waals surface area contributed by atoms with Crippen molar-refractivity contribution in [3.8, 4) is 11.5 Å². The van der Waals surface area contributed by atoms with Crippen molar-refractivity contribution in [2.24, 2.45) is 0 Å². The van der Waals surface area contributed by atoms with Crippen LogP contribution >= 0.6 is 0 Å². The van der Waals surface area contributed by atoms with Crippen LogP contribution in [0.3, 0.4) is 0 Å². The molecule has 7 nitrogen and oxygen atoms in total. The molecular weight excluding hydrogens is 430 g/mol. The normalized spacial score (nSPS) is 14.7. The molecule has 0 bridgehead atoms. The molecule has 0 spiro atoms. The van der Waals surface area contributed by atoms with E-state index in [1.54, 1.807) is 7.11 Å². The highest BCUT2D eigenvalue weighted by Gasteiger charge is 2.26. The number of ether oxygens (including phenoxy) is 2. The molecule has 1 amide bonds. The molecule has 180 valence electrons. The summed E-state index contributed by atoms with van der Waals surface area (Å²) in [6, 6.07) is 15.8. The maximum Gasteiger partial charge on any atom is 0.224 e. The molecule has 1 N–H and O–H groups in total. The third-order valence-corrected chi connectivity index (χ3v) is 6.42. The first-order chi connectivity index (χ1) is 16.5. The fourth-order valence-electron chi connectivity index (χ4n) is 4.46. The molecule has 3 aromatic rings. The van der Waals surface area contributed by atoms with E-state index in [0.717, 1.165) is 52.7 Å². The van der Waals surface area contributed by atoms with E-state index in [1.807, 2.05) is 56.3 Å². The van der Waals surface area contributed by atoms with Crippen molar-refractivity contribution < 1.29 is 18.8 Å². The fraction of sp³-hybridized carbons (Fsp3) is 0.407. The number of aryl methyl sites for hydroxylation is 2. The number of rotatable bonds is 10. The summed E-state index contributed by atoms with van der Waals surface area (Å²) in [4.78, 5) is 15.2. The van der Waals surface area contributed by atoms with Gasteiger partial charge in [-0.05, 0) is 63.5 Å². The van der Waals surface area contributed by atoms with E-state index in [9.17, 15) is 4.79 Å². The highest BCUT2D eigenvalue weighted by Crippen LogP contribution is 2.31. The average Bonchev–Trinajstić information content (AvgIpc) is 3.49. The molecule has 4 rings (SSSR count). The van der Waals surface area contributed by atoms with Crippen LogP contribution in [0.1, 0.15) is 47.0 Å². The van der Waals surface area contributed by atoms with Gasteiger partial charge in [-0.25, -0.2) is 0 Å². The Labute approximate surface area is 201 Å². The number of nitrogens with zero attached hydrogens (tertiary/aromatic N) is 2.